The van der Waals surface area contributed by atoms with Crippen molar-refractivity contribution in [3.05, 3.63) is 34.4 Å². The molecule has 0 unspecified atom stereocenters. The summed E-state index contributed by atoms with van der Waals surface area (Å²) < 4.78 is 0. The summed E-state index contributed by atoms with van der Waals surface area (Å²) in [6.07, 6.45) is 3.31. The van der Waals surface area contributed by atoms with Crippen LogP contribution in [0.25, 0.3) is 0 Å². The smallest absolute Gasteiger partial charge is 0.292 e. The minimum Gasteiger partial charge on any atom is -0.378 e. The highest BCUT2D eigenvalue weighted by molar-refractivity contribution is 6.07. The third-order valence-corrected chi connectivity index (χ3v) is 5.10. The van der Waals surface area contributed by atoms with Crippen molar-refractivity contribution in [2.75, 3.05) is 25.0 Å². The van der Waals surface area contributed by atoms with E-state index in [4.69, 9.17) is 0 Å². The molecule has 9 nitrogen and oxygen atoms in total. The molecule has 1 aliphatic carbocycles. The Kier molecular flexibility index (Phi) is 5.68. The Bertz CT molecular complexity index is 742. The number of carbonyl (C=O) groups is 3. The topological polar surface area (TPSA) is 122 Å². The van der Waals surface area contributed by atoms with Gasteiger partial charge in [-0.2, -0.15) is 0 Å². The van der Waals surface area contributed by atoms with Crippen LogP contribution in [0.15, 0.2) is 24.3 Å². The predicted molar refractivity (Wildman–Crippen MR) is 96.8 cm³/mol. The molecule has 1 aromatic rings. The van der Waals surface area contributed by atoms with Crippen molar-refractivity contribution in [3.63, 3.8) is 0 Å². The molecule has 27 heavy (non-hydrogen) atoms. The van der Waals surface area contributed by atoms with E-state index in [-0.39, 0.29) is 49.0 Å². The monoisotopic (exact) mass is 374 g/mol. The zero-order valence-electron chi connectivity index (χ0n) is 14.8. The predicted octanol–water partition coefficient (Wildman–Crippen LogP) is 1.30. The SMILES string of the molecule is O=C(CN1C(=O)[C@H]2CCCC[C@@H]2C1=O)NCCNc1ccccc1[N+](=O)[O-]. The Morgan fingerprint density at radius 2 is 1.74 bits per heavy atom. The van der Waals surface area contributed by atoms with Gasteiger partial charge < -0.3 is 10.6 Å². The summed E-state index contributed by atoms with van der Waals surface area (Å²) >= 11 is 0. The molecule has 0 radical (unpaired) electrons. The third kappa shape index (κ3) is 4.07. The molecule has 1 aromatic carbocycles. The number of carbonyl (C=O) groups excluding carboxylic acids is 3. The van der Waals surface area contributed by atoms with Gasteiger partial charge in [-0.05, 0) is 18.9 Å². The van der Waals surface area contributed by atoms with Crippen LogP contribution in [0.3, 0.4) is 0 Å². The fourth-order valence-electron chi connectivity index (χ4n) is 3.77. The molecule has 2 atom stereocenters. The van der Waals surface area contributed by atoms with Crippen molar-refractivity contribution in [1.82, 2.24) is 10.2 Å². The van der Waals surface area contributed by atoms with E-state index in [2.05, 4.69) is 10.6 Å². The number of hydrogen-bond donors (Lipinski definition) is 2. The van der Waals surface area contributed by atoms with Crippen molar-refractivity contribution in [2.24, 2.45) is 11.8 Å². The lowest BCUT2D eigenvalue weighted by molar-refractivity contribution is -0.384. The van der Waals surface area contributed by atoms with Crippen LogP contribution in [-0.2, 0) is 14.4 Å². The van der Waals surface area contributed by atoms with Gasteiger partial charge in [0.1, 0.15) is 12.2 Å². The largest absolute Gasteiger partial charge is 0.378 e. The summed E-state index contributed by atoms with van der Waals surface area (Å²) in [5.41, 5.74) is 0.324. The van der Waals surface area contributed by atoms with E-state index < -0.39 is 10.8 Å². The van der Waals surface area contributed by atoms with Gasteiger partial charge in [-0.15, -0.1) is 0 Å². The Balaban J connectivity index is 1.46. The summed E-state index contributed by atoms with van der Waals surface area (Å²) in [6, 6.07) is 6.24. The zero-order chi connectivity index (χ0) is 19.4. The van der Waals surface area contributed by atoms with Crippen LogP contribution >= 0.6 is 0 Å². The van der Waals surface area contributed by atoms with Crippen LogP contribution in [0.1, 0.15) is 25.7 Å². The van der Waals surface area contributed by atoms with Gasteiger partial charge in [0.25, 0.3) is 5.69 Å². The number of likely N-dealkylation sites (tertiary alicyclic amines) is 1. The number of anilines is 1. The van der Waals surface area contributed by atoms with Gasteiger partial charge in [-0.3, -0.25) is 29.4 Å². The van der Waals surface area contributed by atoms with Gasteiger partial charge in [0.2, 0.25) is 17.7 Å². The number of fused-ring (bicyclic) bond motifs is 1. The standard InChI is InChI=1S/C18H22N4O5/c23-16(11-21-17(24)12-5-1-2-6-13(12)18(21)25)20-10-9-19-14-7-3-4-8-15(14)22(26)27/h3-4,7-8,12-13,19H,1-2,5-6,9-11H2,(H,20,23)/t12-,13-/m0/s1. The maximum atomic E-state index is 12.4. The minimum atomic E-state index is -0.481. The van der Waals surface area contributed by atoms with E-state index in [0.29, 0.717) is 18.5 Å². The van der Waals surface area contributed by atoms with Crippen LogP contribution in [0, 0.1) is 22.0 Å². The molecule has 9 heteroatoms. The van der Waals surface area contributed by atoms with Gasteiger partial charge in [-0.1, -0.05) is 25.0 Å². The first-order chi connectivity index (χ1) is 13.0. The van der Waals surface area contributed by atoms with Crippen LogP contribution in [0.5, 0.6) is 0 Å². The third-order valence-electron chi connectivity index (χ3n) is 5.10. The molecule has 0 spiro atoms. The number of rotatable bonds is 7. The van der Waals surface area contributed by atoms with Crippen LogP contribution < -0.4 is 10.6 Å². The summed E-state index contributed by atoms with van der Waals surface area (Å²) in [7, 11) is 0. The Labute approximate surface area is 156 Å². The summed E-state index contributed by atoms with van der Waals surface area (Å²) in [5, 5.41) is 16.5. The maximum absolute atomic E-state index is 12.4. The number of nitrogens with one attached hydrogen (secondary N) is 2. The molecule has 0 aromatic heterocycles. The summed E-state index contributed by atoms with van der Waals surface area (Å²) in [5.74, 6) is -1.42. The molecule has 1 saturated carbocycles. The van der Waals surface area contributed by atoms with E-state index in [1.54, 1.807) is 18.2 Å². The highest BCUT2D eigenvalue weighted by atomic mass is 16.6. The number of nitrogens with zero attached hydrogens (tertiary/aromatic N) is 2. The first-order valence-electron chi connectivity index (χ1n) is 9.08. The van der Waals surface area contributed by atoms with E-state index >= 15 is 0 Å². The molecular weight excluding hydrogens is 352 g/mol. The van der Waals surface area contributed by atoms with Gasteiger partial charge >= 0.3 is 0 Å². The lowest BCUT2D eigenvalue weighted by Gasteiger charge is -2.19. The van der Waals surface area contributed by atoms with Gasteiger partial charge in [0, 0.05) is 19.2 Å². The molecule has 0 bridgehead atoms. The number of benzene rings is 1. The normalized spacial score (nSPS) is 21.7. The second kappa shape index (κ2) is 8.15. The van der Waals surface area contributed by atoms with Crippen LogP contribution in [0.4, 0.5) is 11.4 Å². The van der Waals surface area contributed by atoms with Gasteiger partial charge in [0.15, 0.2) is 0 Å². The van der Waals surface area contributed by atoms with Crippen molar-refractivity contribution < 1.29 is 19.3 Å². The number of nitro benzene ring substituents is 1. The fourth-order valence-corrected chi connectivity index (χ4v) is 3.77. The molecule has 1 heterocycles. The number of nitro groups is 1. The molecule has 3 amide bonds. The van der Waals surface area contributed by atoms with Gasteiger partial charge in [0.05, 0.1) is 16.8 Å². The molecular formula is C18H22N4O5. The maximum Gasteiger partial charge on any atom is 0.292 e. The van der Waals surface area contributed by atoms with E-state index in [1.165, 1.54) is 6.07 Å². The van der Waals surface area contributed by atoms with Crippen molar-refractivity contribution in [1.29, 1.82) is 0 Å². The van der Waals surface area contributed by atoms with E-state index in [0.717, 1.165) is 17.7 Å². The van der Waals surface area contributed by atoms with Crippen molar-refractivity contribution in [3.8, 4) is 0 Å². The van der Waals surface area contributed by atoms with E-state index in [9.17, 15) is 24.5 Å². The zero-order valence-corrected chi connectivity index (χ0v) is 14.8. The number of hydrogen-bond acceptors (Lipinski definition) is 6. The van der Waals surface area contributed by atoms with Crippen molar-refractivity contribution in [2.45, 2.75) is 25.7 Å². The molecule has 3 rings (SSSR count). The molecule has 2 N–H and O–H groups in total. The Morgan fingerprint density at radius 1 is 1.11 bits per heavy atom. The quantitative estimate of drug-likeness (QED) is 0.321. The number of amides is 3. The fraction of sp³-hybridized carbons (Fsp3) is 0.500. The first-order valence-corrected chi connectivity index (χ1v) is 9.08. The molecule has 1 aliphatic heterocycles. The molecule has 2 aliphatic rings. The lowest BCUT2D eigenvalue weighted by Crippen LogP contribution is -2.42. The van der Waals surface area contributed by atoms with Crippen LogP contribution in [-0.4, -0.2) is 47.2 Å². The summed E-state index contributed by atoms with van der Waals surface area (Å²) in [4.78, 5) is 48.3. The Morgan fingerprint density at radius 3 is 2.37 bits per heavy atom. The lowest BCUT2D eigenvalue weighted by atomic mass is 9.81. The second-order valence-electron chi connectivity index (χ2n) is 6.81. The number of imide groups is 1. The van der Waals surface area contributed by atoms with Crippen molar-refractivity contribution >= 4 is 29.1 Å². The van der Waals surface area contributed by atoms with Gasteiger partial charge in [-0.25, -0.2) is 0 Å². The second-order valence-corrected chi connectivity index (χ2v) is 6.81. The minimum absolute atomic E-state index is 0.0420. The van der Waals surface area contributed by atoms with E-state index in [1.807, 2.05) is 0 Å². The Hall–Kier alpha value is -2.97. The molecule has 1 saturated heterocycles. The highest BCUT2D eigenvalue weighted by Gasteiger charge is 2.48. The number of para-hydroxylation sites is 2. The molecule has 144 valence electrons. The highest BCUT2D eigenvalue weighted by Crippen LogP contribution is 2.37. The summed E-state index contributed by atoms with van der Waals surface area (Å²) in [6.45, 7) is 0.230. The average molecular weight is 374 g/mol. The molecule has 2 fully saturated rings. The average Bonchev–Trinajstić information content (AvgIpc) is 2.91. The van der Waals surface area contributed by atoms with Crippen LogP contribution in [0.2, 0.25) is 0 Å². The first kappa shape index (κ1) is 18.8.